The molecule has 0 aliphatic heterocycles. The minimum atomic E-state index is -2.90. The lowest BCUT2D eigenvalue weighted by Gasteiger charge is -2.07. The van der Waals surface area contributed by atoms with Gasteiger partial charge in [0.05, 0.1) is 0 Å². The molecule has 0 aliphatic carbocycles. The van der Waals surface area contributed by atoms with Crippen molar-refractivity contribution in [3.8, 4) is 5.75 Å². The number of anilines is 1. The lowest BCUT2D eigenvalue weighted by molar-refractivity contribution is -0.142. The van der Waals surface area contributed by atoms with Crippen LogP contribution < -0.4 is 10.1 Å². The van der Waals surface area contributed by atoms with Gasteiger partial charge in [0.25, 0.3) is 5.91 Å². The Bertz CT molecular complexity index is 522. The molecule has 0 saturated carbocycles. The third-order valence-corrected chi connectivity index (χ3v) is 2.12. The van der Waals surface area contributed by atoms with Crippen molar-refractivity contribution in [2.45, 2.75) is 20.5 Å². The van der Waals surface area contributed by atoms with E-state index < -0.39 is 25.1 Å². The van der Waals surface area contributed by atoms with E-state index in [0.29, 0.717) is 5.69 Å². The third kappa shape index (κ3) is 7.05. The Kier molecular flexibility index (Phi) is 6.32. The maximum absolute atomic E-state index is 12.0. The standard InChI is InChI=1S/C14H15F2NO4/c1-9(2)7-13(19)20-8-12(18)17-10-3-5-11(6-4-10)21-14(15)16/h3-7,14H,8H2,1-2H3,(H,17,18). The summed E-state index contributed by atoms with van der Waals surface area (Å²) in [5.74, 6) is -1.16. The normalized spacial score (nSPS) is 9.95. The molecule has 0 radical (unpaired) electrons. The fourth-order valence-electron chi connectivity index (χ4n) is 1.33. The highest BCUT2D eigenvalue weighted by atomic mass is 19.3. The molecular formula is C14H15F2NO4. The van der Waals surface area contributed by atoms with Gasteiger partial charge >= 0.3 is 12.6 Å². The predicted molar refractivity (Wildman–Crippen MR) is 72.1 cm³/mol. The molecule has 7 heteroatoms. The average molecular weight is 299 g/mol. The molecular weight excluding hydrogens is 284 g/mol. The van der Waals surface area contributed by atoms with Crippen LogP contribution in [0.2, 0.25) is 0 Å². The summed E-state index contributed by atoms with van der Waals surface area (Å²) in [6, 6.07) is 5.37. The number of carbonyl (C=O) groups excluding carboxylic acids is 2. The van der Waals surface area contributed by atoms with Crippen molar-refractivity contribution in [1.82, 2.24) is 0 Å². The van der Waals surface area contributed by atoms with Crippen molar-refractivity contribution in [3.05, 3.63) is 35.9 Å². The van der Waals surface area contributed by atoms with Gasteiger partial charge in [-0.15, -0.1) is 0 Å². The lowest BCUT2D eigenvalue weighted by Crippen LogP contribution is -2.20. The Labute approximate surface area is 120 Å². The zero-order valence-corrected chi connectivity index (χ0v) is 11.6. The Hall–Kier alpha value is -2.44. The minimum Gasteiger partial charge on any atom is -0.452 e. The number of benzene rings is 1. The first kappa shape index (κ1) is 16.6. The molecule has 0 fully saturated rings. The van der Waals surface area contributed by atoms with Gasteiger partial charge in [0, 0.05) is 11.8 Å². The molecule has 0 unspecified atom stereocenters. The fraction of sp³-hybridized carbons (Fsp3) is 0.286. The van der Waals surface area contributed by atoms with E-state index in [1.807, 2.05) is 0 Å². The van der Waals surface area contributed by atoms with Gasteiger partial charge in [-0.25, -0.2) is 4.79 Å². The molecule has 0 aliphatic rings. The number of alkyl halides is 2. The molecule has 0 heterocycles. The van der Waals surface area contributed by atoms with Crippen molar-refractivity contribution in [1.29, 1.82) is 0 Å². The number of allylic oxidation sites excluding steroid dienone is 1. The highest BCUT2D eigenvalue weighted by Gasteiger charge is 2.07. The Morgan fingerprint density at radius 3 is 2.38 bits per heavy atom. The second-order valence-electron chi connectivity index (χ2n) is 4.28. The number of carbonyl (C=O) groups is 2. The van der Waals surface area contributed by atoms with Crippen LogP contribution in [0.25, 0.3) is 0 Å². The molecule has 0 saturated heterocycles. The number of hydrogen-bond acceptors (Lipinski definition) is 4. The molecule has 5 nitrogen and oxygen atoms in total. The number of rotatable bonds is 6. The van der Waals surface area contributed by atoms with Gasteiger partial charge in [0.2, 0.25) is 0 Å². The maximum atomic E-state index is 12.0. The predicted octanol–water partition coefficient (Wildman–Crippen LogP) is 2.74. The van der Waals surface area contributed by atoms with Crippen LogP contribution in [0.4, 0.5) is 14.5 Å². The maximum Gasteiger partial charge on any atom is 0.387 e. The van der Waals surface area contributed by atoms with Crippen molar-refractivity contribution in [2.75, 3.05) is 11.9 Å². The quantitative estimate of drug-likeness (QED) is 0.648. The van der Waals surface area contributed by atoms with Crippen LogP contribution in [-0.4, -0.2) is 25.1 Å². The monoisotopic (exact) mass is 299 g/mol. The molecule has 1 aromatic rings. The molecule has 1 rings (SSSR count). The Morgan fingerprint density at radius 2 is 1.86 bits per heavy atom. The van der Waals surface area contributed by atoms with Crippen molar-refractivity contribution in [3.63, 3.8) is 0 Å². The number of ether oxygens (including phenoxy) is 2. The zero-order valence-electron chi connectivity index (χ0n) is 11.6. The van der Waals surface area contributed by atoms with E-state index in [0.717, 1.165) is 5.57 Å². The lowest BCUT2D eigenvalue weighted by atomic mass is 10.3. The Morgan fingerprint density at radius 1 is 1.24 bits per heavy atom. The van der Waals surface area contributed by atoms with Gasteiger partial charge in [-0.05, 0) is 38.1 Å². The van der Waals surface area contributed by atoms with Crippen LogP contribution in [0.3, 0.4) is 0 Å². The molecule has 1 amide bonds. The SMILES string of the molecule is CC(C)=CC(=O)OCC(=O)Nc1ccc(OC(F)F)cc1. The van der Waals surface area contributed by atoms with Gasteiger partial charge in [0.15, 0.2) is 6.61 Å². The van der Waals surface area contributed by atoms with Gasteiger partial charge in [-0.1, -0.05) is 5.57 Å². The van der Waals surface area contributed by atoms with E-state index in [1.165, 1.54) is 30.3 Å². The van der Waals surface area contributed by atoms with Crippen molar-refractivity contribution < 1.29 is 27.8 Å². The first-order chi connectivity index (χ1) is 9.86. The Balaban J connectivity index is 2.44. The van der Waals surface area contributed by atoms with E-state index in [2.05, 4.69) is 10.1 Å². The largest absolute Gasteiger partial charge is 0.452 e. The summed E-state index contributed by atoms with van der Waals surface area (Å²) in [5, 5.41) is 2.45. The van der Waals surface area contributed by atoms with Gasteiger partial charge < -0.3 is 14.8 Å². The molecule has 0 bridgehead atoms. The highest BCUT2D eigenvalue weighted by molar-refractivity contribution is 5.93. The summed E-state index contributed by atoms with van der Waals surface area (Å²) in [4.78, 5) is 22.7. The number of amides is 1. The van der Waals surface area contributed by atoms with Crippen LogP contribution in [0.5, 0.6) is 5.75 Å². The van der Waals surface area contributed by atoms with Crippen molar-refractivity contribution >= 4 is 17.6 Å². The molecule has 0 spiro atoms. The number of hydrogen-bond donors (Lipinski definition) is 1. The first-order valence-electron chi connectivity index (χ1n) is 6.03. The van der Waals surface area contributed by atoms with Crippen LogP contribution in [0.1, 0.15) is 13.8 Å². The van der Waals surface area contributed by atoms with Crippen LogP contribution in [0.15, 0.2) is 35.9 Å². The molecule has 21 heavy (non-hydrogen) atoms. The van der Waals surface area contributed by atoms with E-state index in [-0.39, 0.29) is 5.75 Å². The van der Waals surface area contributed by atoms with Gasteiger partial charge in [0.1, 0.15) is 5.75 Å². The zero-order chi connectivity index (χ0) is 15.8. The molecule has 1 N–H and O–H groups in total. The summed E-state index contributed by atoms with van der Waals surface area (Å²) in [6.45, 7) is 0.118. The fourth-order valence-corrected chi connectivity index (χ4v) is 1.33. The van der Waals surface area contributed by atoms with Crippen LogP contribution in [0, 0.1) is 0 Å². The van der Waals surface area contributed by atoms with Crippen LogP contribution in [-0.2, 0) is 14.3 Å². The van der Waals surface area contributed by atoms with E-state index in [1.54, 1.807) is 13.8 Å². The second kappa shape index (κ2) is 7.98. The third-order valence-electron chi connectivity index (χ3n) is 2.12. The number of halogens is 2. The molecule has 1 aromatic carbocycles. The highest BCUT2D eigenvalue weighted by Crippen LogP contribution is 2.17. The minimum absolute atomic E-state index is 0.0158. The summed E-state index contributed by atoms with van der Waals surface area (Å²) < 4.78 is 32.8. The first-order valence-corrected chi connectivity index (χ1v) is 6.03. The number of esters is 1. The number of nitrogens with one attached hydrogen (secondary N) is 1. The summed E-state index contributed by atoms with van der Waals surface area (Å²) in [7, 11) is 0. The summed E-state index contributed by atoms with van der Waals surface area (Å²) >= 11 is 0. The van der Waals surface area contributed by atoms with Crippen LogP contribution >= 0.6 is 0 Å². The topological polar surface area (TPSA) is 64.6 Å². The van der Waals surface area contributed by atoms with Crippen molar-refractivity contribution in [2.24, 2.45) is 0 Å². The van der Waals surface area contributed by atoms with E-state index in [9.17, 15) is 18.4 Å². The summed E-state index contributed by atoms with van der Waals surface area (Å²) in [5.41, 5.74) is 1.13. The smallest absolute Gasteiger partial charge is 0.387 e. The van der Waals surface area contributed by atoms with Gasteiger partial charge in [-0.2, -0.15) is 8.78 Å². The molecule has 114 valence electrons. The second-order valence-corrected chi connectivity index (χ2v) is 4.28. The molecule has 0 aromatic heterocycles. The van der Waals surface area contributed by atoms with E-state index >= 15 is 0 Å². The van der Waals surface area contributed by atoms with Gasteiger partial charge in [-0.3, -0.25) is 4.79 Å². The molecule has 0 atom stereocenters. The van der Waals surface area contributed by atoms with E-state index in [4.69, 9.17) is 4.74 Å². The average Bonchev–Trinajstić information content (AvgIpc) is 2.37. The summed E-state index contributed by atoms with van der Waals surface area (Å²) in [6.07, 6.45) is 1.27.